The van der Waals surface area contributed by atoms with Gasteiger partial charge in [-0.25, -0.2) is 4.90 Å². The van der Waals surface area contributed by atoms with Crippen LogP contribution in [-0.4, -0.2) is 11.8 Å². The molecule has 4 heteroatoms. The van der Waals surface area contributed by atoms with Crippen molar-refractivity contribution in [3.05, 3.63) is 99.7 Å². The molecule has 1 aliphatic rings. The first kappa shape index (κ1) is 20.6. The highest BCUT2D eigenvalue weighted by Gasteiger charge is 2.41. The second kappa shape index (κ2) is 7.88. The zero-order valence-corrected chi connectivity index (χ0v) is 18.5. The second-order valence-corrected chi connectivity index (χ2v) is 8.17. The van der Waals surface area contributed by atoms with Crippen molar-refractivity contribution < 1.29 is 9.59 Å². The van der Waals surface area contributed by atoms with Gasteiger partial charge < -0.3 is 5.32 Å². The second-order valence-electron chi connectivity index (χ2n) is 8.17. The molecule has 0 saturated heterocycles. The van der Waals surface area contributed by atoms with Crippen molar-refractivity contribution >= 4 is 28.8 Å². The van der Waals surface area contributed by atoms with Gasteiger partial charge in [-0.2, -0.15) is 0 Å². The molecule has 0 radical (unpaired) electrons. The van der Waals surface area contributed by atoms with E-state index in [1.807, 2.05) is 95.3 Å². The quantitative estimate of drug-likeness (QED) is 0.568. The highest BCUT2D eigenvalue weighted by atomic mass is 16.2. The number of hydrogen-bond donors (Lipinski definition) is 1. The summed E-state index contributed by atoms with van der Waals surface area (Å²) >= 11 is 0. The lowest BCUT2D eigenvalue weighted by Crippen LogP contribution is -2.33. The molecular weight excluding hydrogens is 384 g/mol. The average molecular weight is 411 g/mol. The van der Waals surface area contributed by atoms with Gasteiger partial charge in [0.25, 0.3) is 11.8 Å². The minimum Gasteiger partial charge on any atom is -0.350 e. The first-order chi connectivity index (χ1) is 14.8. The Morgan fingerprint density at radius 3 is 2.13 bits per heavy atom. The van der Waals surface area contributed by atoms with E-state index in [2.05, 4.69) is 5.32 Å². The fourth-order valence-corrected chi connectivity index (χ4v) is 4.03. The molecule has 4 rings (SSSR count). The number of benzene rings is 3. The Labute approximate surface area is 183 Å². The van der Waals surface area contributed by atoms with Gasteiger partial charge in [0.2, 0.25) is 0 Å². The zero-order chi connectivity index (χ0) is 22.3. The molecule has 0 saturated carbocycles. The molecule has 0 unspecified atom stereocenters. The summed E-state index contributed by atoms with van der Waals surface area (Å²) in [6.07, 6.45) is 0. The summed E-state index contributed by atoms with van der Waals surface area (Å²) in [7, 11) is 0. The van der Waals surface area contributed by atoms with Gasteiger partial charge in [0.15, 0.2) is 0 Å². The fourth-order valence-electron chi connectivity index (χ4n) is 4.03. The lowest BCUT2D eigenvalue weighted by molar-refractivity contribution is -0.120. The Morgan fingerprint density at radius 1 is 0.710 bits per heavy atom. The van der Waals surface area contributed by atoms with Gasteiger partial charge in [0, 0.05) is 5.69 Å². The molecule has 3 aromatic rings. The van der Waals surface area contributed by atoms with Gasteiger partial charge in [-0.15, -0.1) is 0 Å². The standard InChI is InChI=1S/C27H26N2O2/c1-16-13-14-21(19(4)15-16)24-25(28-22-11-7-6-9-18(22)3)27(31)29(26(24)30)23-12-8-10-17(2)20(23)5/h6-15,28H,1-5H3. The molecule has 4 nitrogen and oxygen atoms in total. The summed E-state index contributed by atoms with van der Waals surface area (Å²) in [5.74, 6) is -0.640. The van der Waals surface area contributed by atoms with Gasteiger partial charge >= 0.3 is 0 Å². The average Bonchev–Trinajstić information content (AvgIpc) is 2.96. The minimum atomic E-state index is -0.336. The highest BCUT2D eigenvalue weighted by molar-refractivity contribution is 6.46. The summed E-state index contributed by atoms with van der Waals surface area (Å²) in [6.45, 7) is 9.88. The molecule has 31 heavy (non-hydrogen) atoms. The van der Waals surface area contributed by atoms with Gasteiger partial charge in [-0.05, 0) is 74.6 Å². The maximum atomic E-state index is 13.7. The molecule has 0 aliphatic carbocycles. The Hall–Kier alpha value is -3.66. The van der Waals surface area contributed by atoms with Crippen molar-refractivity contribution in [2.45, 2.75) is 34.6 Å². The number of hydrogen-bond acceptors (Lipinski definition) is 3. The summed E-state index contributed by atoms with van der Waals surface area (Å²) in [5.41, 5.74) is 7.95. The number of carbonyl (C=O) groups excluding carboxylic acids is 2. The molecular formula is C27H26N2O2. The van der Waals surface area contributed by atoms with Crippen LogP contribution in [0.15, 0.2) is 66.4 Å². The van der Waals surface area contributed by atoms with E-state index in [9.17, 15) is 9.59 Å². The first-order valence-electron chi connectivity index (χ1n) is 10.4. The third-order valence-corrected chi connectivity index (χ3v) is 5.96. The normalized spacial score (nSPS) is 13.9. The van der Waals surface area contributed by atoms with Crippen LogP contribution in [0.4, 0.5) is 11.4 Å². The molecule has 1 N–H and O–H groups in total. The molecule has 0 bridgehead atoms. The summed E-state index contributed by atoms with van der Waals surface area (Å²) in [4.78, 5) is 28.7. The maximum Gasteiger partial charge on any atom is 0.282 e. The monoisotopic (exact) mass is 410 g/mol. The molecule has 1 aliphatic heterocycles. The maximum absolute atomic E-state index is 13.7. The zero-order valence-electron chi connectivity index (χ0n) is 18.5. The molecule has 1 heterocycles. The van der Waals surface area contributed by atoms with Crippen molar-refractivity contribution in [1.29, 1.82) is 0 Å². The number of imide groups is 1. The molecule has 3 aromatic carbocycles. The number of aryl methyl sites for hydroxylation is 4. The van der Waals surface area contributed by atoms with Crippen LogP contribution in [0.1, 0.15) is 33.4 Å². The third-order valence-electron chi connectivity index (χ3n) is 5.96. The molecule has 0 atom stereocenters. The molecule has 0 spiro atoms. The van der Waals surface area contributed by atoms with E-state index in [1.165, 1.54) is 4.90 Å². The van der Waals surface area contributed by atoms with Crippen molar-refractivity contribution in [2.75, 3.05) is 10.2 Å². The lowest BCUT2D eigenvalue weighted by Gasteiger charge is -2.19. The predicted octanol–water partition coefficient (Wildman–Crippen LogP) is 5.63. The van der Waals surface area contributed by atoms with Crippen LogP contribution in [0.3, 0.4) is 0 Å². The summed E-state index contributed by atoms with van der Waals surface area (Å²) in [6, 6.07) is 19.4. The number of rotatable bonds is 4. The molecule has 0 fully saturated rings. The Balaban J connectivity index is 1.91. The summed E-state index contributed by atoms with van der Waals surface area (Å²) < 4.78 is 0. The lowest BCUT2D eigenvalue weighted by atomic mass is 9.97. The van der Waals surface area contributed by atoms with Crippen molar-refractivity contribution in [3.63, 3.8) is 0 Å². The van der Waals surface area contributed by atoms with Gasteiger partial charge in [-0.1, -0.05) is 54.1 Å². The van der Waals surface area contributed by atoms with E-state index in [0.717, 1.165) is 39.1 Å². The Bertz CT molecular complexity index is 1250. The van der Waals surface area contributed by atoms with E-state index in [-0.39, 0.29) is 11.8 Å². The SMILES string of the molecule is Cc1ccc(C2=C(Nc3ccccc3C)C(=O)N(c3cccc(C)c3C)C2=O)c(C)c1. The Kier molecular flexibility index (Phi) is 5.24. The van der Waals surface area contributed by atoms with Crippen molar-refractivity contribution in [3.8, 4) is 0 Å². The number of nitrogens with zero attached hydrogens (tertiary/aromatic N) is 1. The van der Waals surface area contributed by atoms with Crippen LogP contribution in [0.2, 0.25) is 0 Å². The van der Waals surface area contributed by atoms with Crippen LogP contribution in [-0.2, 0) is 9.59 Å². The van der Waals surface area contributed by atoms with Crippen LogP contribution < -0.4 is 10.2 Å². The number of amides is 2. The van der Waals surface area contributed by atoms with Gasteiger partial charge in [0.1, 0.15) is 5.70 Å². The van der Waals surface area contributed by atoms with Crippen LogP contribution in [0.5, 0.6) is 0 Å². The first-order valence-corrected chi connectivity index (χ1v) is 10.4. The van der Waals surface area contributed by atoms with Crippen molar-refractivity contribution in [1.82, 2.24) is 0 Å². The Morgan fingerprint density at radius 2 is 1.42 bits per heavy atom. The smallest absolute Gasteiger partial charge is 0.282 e. The van der Waals surface area contributed by atoms with Crippen LogP contribution in [0.25, 0.3) is 5.57 Å². The third kappa shape index (κ3) is 3.55. The minimum absolute atomic E-state index is 0.304. The van der Waals surface area contributed by atoms with E-state index >= 15 is 0 Å². The number of anilines is 2. The molecule has 156 valence electrons. The van der Waals surface area contributed by atoms with Crippen LogP contribution in [0, 0.1) is 34.6 Å². The van der Waals surface area contributed by atoms with Crippen molar-refractivity contribution in [2.24, 2.45) is 0 Å². The van der Waals surface area contributed by atoms with Crippen LogP contribution >= 0.6 is 0 Å². The molecule has 2 amide bonds. The molecule has 0 aromatic heterocycles. The highest BCUT2D eigenvalue weighted by Crippen LogP contribution is 2.37. The number of para-hydroxylation sites is 1. The number of carbonyl (C=O) groups is 2. The largest absolute Gasteiger partial charge is 0.350 e. The van der Waals surface area contributed by atoms with E-state index < -0.39 is 0 Å². The number of nitrogens with one attached hydrogen (secondary N) is 1. The predicted molar refractivity (Wildman–Crippen MR) is 126 cm³/mol. The fraction of sp³-hybridized carbons (Fsp3) is 0.185. The van der Waals surface area contributed by atoms with Gasteiger partial charge in [0.05, 0.1) is 11.3 Å². The van der Waals surface area contributed by atoms with E-state index in [1.54, 1.807) is 0 Å². The topological polar surface area (TPSA) is 49.4 Å². The van der Waals surface area contributed by atoms with E-state index in [0.29, 0.717) is 17.0 Å². The van der Waals surface area contributed by atoms with E-state index in [4.69, 9.17) is 0 Å². The van der Waals surface area contributed by atoms with Gasteiger partial charge in [-0.3, -0.25) is 9.59 Å². The summed E-state index contributed by atoms with van der Waals surface area (Å²) in [5, 5.41) is 3.28.